The summed E-state index contributed by atoms with van der Waals surface area (Å²) >= 11 is 3.25. The van der Waals surface area contributed by atoms with Crippen LogP contribution in [-0.4, -0.2) is 10.2 Å². The van der Waals surface area contributed by atoms with Crippen molar-refractivity contribution in [2.75, 3.05) is 5.32 Å². The topological polar surface area (TPSA) is 64.1 Å². The highest BCUT2D eigenvalue weighted by Crippen LogP contribution is 2.25. The molecule has 0 saturated heterocycles. The van der Waals surface area contributed by atoms with Gasteiger partial charge < -0.3 is 14.2 Å². The van der Waals surface area contributed by atoms with Gasteiger partial charge in [0.1, 0.15) is 0 Å². The molecule has 0 aliphatic carbocycles. The van der Waals surface area contributed by atoms with E-state index in [2.05, 4.69) is 63.5 Å². The van der Waals surface area contributed by atoms with Crippen LogP contribution in [0.3, 0.4) is 0 Å². The first-order valence-corrected chi connectivity index (χ1v) is 7.87. The highest BCUT2D eigenvalue weighted by Gasteiger charge is 2.12. The van der Waals surface area contributed by atoms with Crippen molar-refractivity contribution in [2.24, 2.45) is 0 Å². The highest BCUT2D eigenvalue weighted by atomic mass is 79.9. The molecule has 0 fully saturated rings. The van der Waals surface area contributed by atoms with Gasteiger partial charge in [0.05, 0.1) is 6.54 Å². The monoisotopic (exact) mass is 361 g/mol. The summed E-state index contributed by atoms with van der Waals surface area (Å²) in [6, 6.07) is 9.85. The first kappa shape index (κ1) is 14.8. The number of anilines is 1. The van der Waals surface area contributed by atoms with E-state index in [1.165, 1.54) is 11.1 Å². The van der Waals surface area contributed by atoms with E-state index >= 15 is 0 Å². The zero-order valence-electron chi connectivity index (χ0n) is 12.4. The number of benzene rings is 1. The van der Waals surface area contributed by atoms with Gasteiger partial charge >= 0.3 is 0 Å². The van der Waals surface area contributed by atoms with Gasteiger partial charge in [-0.25, -0.2) is 0 Å². The van der Waals surface area contributed by atoms with Crippen LogP contribution in [0.25, 0.3) is 11.7 Å². The predicted octanol–water partition coefficient (Wildman–Crippen LogP) is 4.58. The maximum absolute atomic E-state index is 5.62. The van der Waals surface area contributed by atoms with Crippen molar-refractivity contribution in [3.05, 3.63) is 52.0 Å². The van der Waals surface area contributed by atoms with Crippen molar-refractivity contribution in [3.8, 4) is 11.7 Å². The van der Waals surface area contributed by atoms with E-state index in [-0.39, 0.29) is 0 Å². The van der Waals surface area contributed by atoms with Crippen LogP contribution < -0.4 is 5.32 Å². The molecule has 0 spiro atoms. The number of hydrogen-bond donors (Lipinski definition) is 1. The van der Waals surface area contributed by atoms with Gasteiger partial charge in [-0.1, -0.05) is 25.1 Å². The van der Waals surface area contributed by atoms with Crippen LogP contribution in [0.15, 0.2) is 43.8 Å². The van der Waals surface area contributed by atoms with E-state index < -0.39 is 0 Å². The number of furan rings is 1. The summed E-state index contributed by atoms with van der Waals surface area (Å²) in [5.74, 6) is 1.45. The minimum Gasteiger partial charge on any atom is -0.444 e. The van der Waals surface area contributed by atoms with E-state index in [0.717, 1.165) is 12.1 Å². The molecule has 0 atom stereocenters. The first-order chi connectivity index (χ1) is 10.7. The number of aromatic nitrogens is 2. The lowest BCUT2D eigenvalue weighted by Crippen LogP contribution is -2.04. The number of aryl methyl sites for hydroxylation is 2. The second-order valence-corrected chi connectivity index (χ2v) is 5.70. The molecule has 6 heteroatoms. The lowest BCUT2D eigenvalue weighted by atomic mass is 10.1. The van der Waals surface area contributed by atoms with Crippen molar-refractivity contribution >= 4 is 21.6 Å². The largest absolute Gasteiger partial charge is 0.444 e. The van der Waals surface area contributed by atoms with E-state index in [0.29, 0.717) is 28.8 Å². The summed E-state index contributed by atoms with van der Waals surface area (Å²) in [6.45, 7) is 4.70. The van der Waals surface area contributed by atoms with Crippen LogP contribution in [0.1, 0.15) is 23.9 Å². The van der Waals surface area contributed by atoms with Gasteiger partial charge in [-0.15, -0.1) is 10.2 Å². The van der Waals surface area contributed by atoms with Crippen molar-refractivity contribution in [2.45, 2.75) is 26.8 Å². The van der Waals surface area contributed by atoms with Gasteiger partial charge in [0.2, 0.25) is 5.89 Å². The molecule has 22 heavy (non-hydrogen) atoms. The number of nitrogens with one attached hydrogen (secondary N) is 1. The third-order valence-electron chi connectivity index (χ3n) is 3.41. The molecule has 1 N–H and O–H groups in total. The highest BCUT2D eigenvalue weighted by molar-refractivity contribution is 9.10. The summed E-state index contributed by atoms with van der Waals surface area (Å²) in [6.07, 6.45) is 0.972. The minimum atomic E-state index is 0.378. The van der Waals surface area contributed by atoms with Crippen LogP contribution in [0.2, 0.25) is 0 Å². The maximum atomic E-state index is 5.62. The fourth-order valence-electron chi connectivity index (χ4n) is 2.29. The smallest absolute Gasteiger partial charge is 0.283 e. The fraction of sp³-hybridized carbons (Fsp3) is 0.250. The van der Waals surface area contributed by atoms with Gasteiger partial charge in [-0.05, 0) is 52.5 Å². The average Bonchev–Trinajstić information content (AvgIpc) is 3.14. The second-order valence-electron chi connectivity index (χ2n) is 4.92. The molecular weight excluding hydrogens is 346 g/mol. The summed E-state index contributed by atoms with van der Waals surface area (Å²) in [4.78, 5) is 0. The fourth-order valence-corrected chi connectivity index (χ4v) is 2.60. The van der Waals surface area contributed by atoms with Gasteiger partial charge in [0.15, 0.2) is 10.4 Å². The SMILES string of the molecule is CCc1cccc(C)c1NCc1nnc(-c2ccc(Br)o2)o1. The molecule has 1 aromatic carbocycles. The van der Waals surface area contributed by atoms with Crippen molar-refractivity contribution < 1.29 is 8.83 Å². The van der Waals surface area contributed by atoms with Crippen molar-refractivity contribution in [1.29, 1.82) is 0 Å². The third-order valence-corrected chi connectivity index (χ3v) is 3.83. The molecule has 0 unspecified atom stereocenters. The molecule has 5 nitrogen and oxygen atoms in total. The molecule has 0 amide bonds. The van der Waals surface area contributed by atoms with Gasteiger partial charge in [0, 0.05) is 5.69 Å². The molecular formula is C16H16BrN3O2. The van der Waals surface area contributed by atoms with E-state index in [1.54, 1.807) is 12.1 Å². The summed E-state index contributed by atoms with van der Waals surface area (Å²) in [5, 5.41) is 11.4. The summed E-state index contributed by atoms with van der Waals surface area (Å²) in [5.41, 5.74) is 3.61. The quantitative estimate of drug-likeness (QED) is 0.720. The Morgan fingerprint density at radius 3 is 2.73 bits per heavy atom. The number of para-hydroxylation sites is 1. The van der Waals surface area contributed by atoms with Crippen LogP contribution in [0, 0.1) is 6.92 Å². The number of halogens is 1. The van der Waals surface area contributed by atoms with Gasteiger partial charge in [-0.2, -0.15) is 0 Å². The van der Waals surface area contributed by atoms with Crippen LogP contribution in [0.5, 0.6) is 0 Å². The number of hydrogen-bond acceptors (Lipinski definition) is 5. The van der Waals surface area contributed by atoms with Gasteiger partial charge in [-0.3, -0.25) is 0 Å². The zero-order valence-corrected chi connectivity index (χ0v) is 14.0. The van der Waals surface area contributed by atoms with Crippen LogP contribution in [0.4, 0.5) is 5.69 Å². The average molecular weight is 362 g/mol. The van der Waals surface area contributed by atoms with E-state index in [4.69, 9.17) is 8.83 Å². The lowest BCUT2D eigenvalue weighted by Gasteiger charge is -2.12. The summed E-state index contributed by atoms with van der Waals surface area (Å²) < 4.78 is 11.7. The molecule has 3 rings (SSSR count). The third kappa shape index (κ3) is 3.06. The molecule has 0 radical (unpaired) electrons. The van der Waals surface area contributed by atoms with Crippen LogP contribution in [-0.2, 0) is 13.0 Å². The van der Waals surface area contributed by atoms with Crippen molar-refractivity contribution in [3.63, 3.8) is 0 Å². The molecule has 114 valence electrons. The van der Waals surface area contributed by atoms with Crippen molar-refractivity contribution in [1.82, 2.24) is 10.2 Å². The van der Waals surface area contributed by atoms with Gasteiger partial charge in [0.25, 0.3) is 5.89 Å². The Hall–Kier alpha value is -2.08. The Balaban J connectivity index is 1.74. The Labute approximate surface area is 136 Å². The van der Waals surface area contributed by atoms with E-state index in [1.807, 2.05) is 0 Å². The molecule has 2 aromatic heterocycles. The molecule has 0 aliphatic heterocycles. The first-order valence-electron chi connectivity index (χ1n) is 7.08. The number of nitrogens with zero attached hydrogens (tertiary/aromatic N) is 2. The zero-order chi connectivity index (χ0) is 15.5. The Morgan fingerprint density at radius 2 is 2.00 bits per heavy atom. The second kappa shape index (κ2) is 6.36. The molecule has 2 heterocycles. The van der Waals surface area contributed by atoms with Crippen LogP contribution >= 0.6 is 15.9 Å². The predicted molar refractivity (Wildman–Crippen MR) is 87.6 cm³/mol. The minimum absolute atomic E-state index is 0.378. The standard InChI is InChI=1S/C16H16BrN3O2/c1-3-11-6-4-5-10(2)15(11)18-9-14-19-20-16(22-14)12-7-8-13(17)21-12/h4-8,18H,3,9H2,1-2H3. The molecule has 0 bridgehead atoms. The normalized spacial score (nSPS) is 10.9. The maximum Gasteiger partial charge on any atom is 0.283 e. The lowest BCUT2D eigenvalue weighted by molar-refractivity contribution is 0.479. The molecule has 0 aliphatic rings. The Morgan fingerprint density at radius 1 is 1.14 bits per heavy atom. The molecule has 0 saturated carbocycles. The Bertz CT molecular complexity index is 779. The van der Waals surface area contributed by atoms with E-state index in [9.17, 15) is 0 Å². The number of rotatable bonds is 5. The summed E-state index contributed by atoms with van der Waals surface area (Å²) in [7, 11) is 0. The molecule has 3 aromatic rings. The Kier molecular flexibility index (Phi) is 4.29.